The number of imidazole rings is 1. The van der Waals surface area contributed by atoms with Gasteiger partial charge in [-0.3, -0.25) is 0 Å². The molecule has 0 saturated heterocycles. The van der Waals surface area contributed by atoms with Gasteiger partial charge in [-0.2, -0.15) is 17.7 Å². The molecule has 1 atom stereocenters. The van der Waals surface area contributed by atoms with Crippen molar-refractivity contribution >= 4 is 22.8 Å². The maximum Gasteiger partial charge on any atom is 0.452 e. The Labute approximate surface area is 133 Å². The maximum absolute atomic E-state index is 13.4. The zero-order valence-electron chi connectivity index (χ0n) is 12.2. The van der Waals surface area contributed by atoms with Crippen molar-refractivity contribution in [3.05, 3.63) is 48.7 Å². The third-order valence-electron chi connectivity index (χ3n) is 3.88. The molecule has 4 heterocycles. The van der Waals surface area contributed by atoms with Gasteiger partial charge in [0.25, 0.3) is 6.04 Å². The van der Waals surface area contributed by atoms with Crippen molar-refractivity contribution in [2.75, 3.05) is 0 Å². The molecule has 4 rings (SSSR count). The van der Waals surface area contributed by atoms with Crippen LogP contribution < -0.4 is 0 Å². The van der Waals surface area contributed by atoms with Crippen molar-refractivity contribution in [3.63, 3.8) is 0 Å². The fourth-order valence-corrected chi connectivity index (χ4v) is 2.70. The zero-order valence-corrected chi connectivity index (χ0v) is 12.2. The second-order valence-electron chi connectivity index (χ2n) is 5.42. The number of halogens is 3. The van der Waals surface area contributed by atoms with E-state index in [1.807, 2.05) is 0 Å². The lowest BCUT2D eigenvalue weighted by Crippen LogP contribution is -2.42. The lowest BCUT2D eigenvalue weighted by molar-refractivity contribution is -0.545. The summed E-state index contributed by atoms with van der Waals surface area (Å²) in [5, 5.41) is 0.772. The van der Waals surface area contributed by atoms with Crippen LogP contribution in [0.2, 0.25) is 0 Å². The summed E-state index contributed by atoms with van der Waals surface area (Å²) in [6.07, 6.45) is 4.33. The molecule has 0 aliphatic carbocycles. The van der Waals surface area contributed by atoms with Gasteiger partial charge in [-0.25, -0.2) is 15.0 Å². The maximum atomic E-state index is 13.4. The molecule has 0 spiro atoms. The molecule has 0 radical (unpaired) electrons. The van der Waals surface area contributed by atoms with Crippen LogP contribution >= 0.6 is 0 Å². The van der Waals surface area contributed by atoms with Gasteiger partial charge >= 0.3 is 6.18 Å². The van der Waals surface area contributed by atoms with Gasteiger partial charge in [-0.1, -0.05) is 0 Å². The molecule has 0 fully saturated rings. The van der Waals surface area contributed by atoms with E-state index in [0.717, 1.165) is 9.96 Å². The number of alkyl halides is 3. The predicted molar refractivity (Wildman–Crippen MR) is 80.3 cm³/mol. The number of aromatic amines is 2. The Bertz CT molecular complexity index is 936. The zero-order chi connectivity index (χ0) is 16.7. The van der Waals surface area contributed by atoms with E-state index in [4.69, 9.17) is 0 Å². The molecule has 1 aliphatic rings. The van der Waals surface area contributed by atoms with Crippen LogP contribution in [0.1, 0.15) is 11.5 Å². The average molecular weight is 333 g/mol. The monoisotopic (exact) mass is 333 g/mol. The molecule has 24 heavy (non-hydrogen) atoms. The number of hydrogen-bond acceptors (Lipinski definition) is 3. The molecular weight excluding hydrogens is 321 g/mol. The summed E-state index contributed by atoms with van der Waals surface area (Å²) in [4.78, 5) is 17.8. The molecule has 0 amide bonds. The second kappa shape index (κ2) is 5.29. The highest BCUT2D eigenvalue weighted by Crippen LogP contribution is 2.30. The van der Waals surface area contributed by atoms with Crippen LogP contribution in [0.25, 0.3) is 16.6 Å². The quantitative estimate of drug-likeness (QED) is 0.720. The topological polar surface area (TPSA) is 73.3 Å². The third kappa shape index (κ3) is 2.47. The molecule has 9 heteroatoms. The van der Waals surface area contributed by atoms with Crippen LogP contribution in [-0.2, 0) is 6.42 Å². The first-order valence-electron chi connectivity index (χ1n) is 7.20. The summed E-state index contributed by atoms with van der Waals surface area (Å²) in [7, 11) is 0. The van der Waals surface area contributed by atoms with Gasteiger partial charge in [0, 0.05) is 24.0 Å². The van der Waals surface area contributed by atoms with Crippen molar-refractivity contribution in [1.29, 1.82) is 0 Å². The highest BCUT2D eigenvalue weighted by molar-refractivity contribution is 6.13. The number of nitrogens with zero attached hydrogens (tertiary/aromatic N) is 4. The molecule has 3 aromatic rings. The van der Waals surface area contributed by atoms with Gasteiger partial charge < -0.3 is 9.97 Å². The van der Waals surface area contributed by atoms with E-state index in [9.17, 15) is 13.2 Å². The lowest BCUT2D eigenvalue weighted by Gasteiger charge is -2.20. The number of nitrogens with one attached hydrogen (secondary N) is 2. The Kier molecular flexibility index (Phi) is 3.22. The Morgan fingerprint density at radius 2 is 1.96 bits per heavy atom. The first-order valence-corrected chi connectivity index (χ1v) is 7.20. The molecule has 3 aromatic heterocycles. The Morgan fingerprint density at radius 3 is 2.67 bits per heavy atom. The molecule has 6 nitrogen and oxygen atoms in total. The summed E-state index contributed by atoms with van der Waals surface area (Å²) in [6.45, 7) is 0. The summed E-state index contributed by atoms with van der Waals surface area (Å²) in [5.41, 5.74) is 1.89. The second-order valence-corrected chi connectivity index (χ2v) is 5.42. The highest BCUT2D eigenvalue weighted by Gasteiger charge is 2.50. The molecule has 0 bridgehead atoms. The number of H-pyrrole nitrogens is 2. The summed E-state index contributed by atoms with van der Waals surface area (Å²) in [6, 6.07) is 0.127. The molecule has 0 saturated carbocycles. The van der Waals surface area contributed by atoms with Crippen molar-refractivity contribution in [3.8, 4) is 0 Å². The van der Waals surface area contributed by atoms with Crippen LogP contribution in [0, 0.1) is 0 Å². The fraction of sp³-hybridized carbons (Fsp3) is 0.200. The number of fused-ring (bicyclic) bond motifs is 1. The van der Waals surface area contributed by atoms with Gasteiger partial charge in [0.05, 0.1) is 12.1 Å². The fourth-order valence-electron chi connectivity index (χ4n) is 2.70. The van der Waals surface area contributed by atoms with E-state index in [2.05, 4.69) is 24.9 Å². The Balaban J connectivity index is 1.61. The van der Waals surface area contributed by atoms with Crippen LogP contribution in [0.3, 0.4) is 0 Å². The van der Waals surface area contributed by atoms with Crippen molar-refractivity contribution < 1.29 is 17.7 Å². The van der Waals surface area contributed by atoms with Crippen LogP contribution in [0.5, 0.6) is 0 Å². The van der Waals surface area contributed by atoms with Gasteiger partial charge in [-0.05, 0) is 6.07 Å². The normalized spacial score (nSPS) is 15.8. The summed E-state index contributed by atoms with van der Waals surface area (Å²) < 4.78 is 41.2. The van der Waals surface area contributed by atoms with E-state index in [0.29, 0.717) is 22.7 Å². The standard InChI is InChI=1S/C15H12F3N6/c16-15(17,18)11(5-12-19-3-4-20-12)24-6-9(7-24)13-10-1-2-21-14(10)23-8-22-13/h1-4,6-8,11H,5H2,(H,19,20)(H,21,22,23)/q+1. The van der Waals surface area contributed by atoms with Crippen molar-refractivity contribution in [1.82, 2.24) is 24.9 Å². The van der Waals surface area contributed by atoms with Crippen molar-refractivity contribution in [2.24, 2.45) is 0 Å². The molecular formula is C15H12F3N6+. The van der Waals surface area contributed by atoms with E-state index in [-0.39, 0.29) is 6.42 Å². The number of aromatic nitrogens is 5. The van der Waals surface area contributed by atoms with Crippen molar-refractivity contribution in [2.45, 2.75) is 18.6 Å². The minimum Gasteiger partial charge on any atom is -0.348 e. The number of hydrogen-bond donors (Lipinski definition) is 2. The smallest absolute Gasteiger partial charge is 0.348 e. The molecule has 2 N–H and O–H groups in total. The third-order valence-corrected chi connectivity index (χ3v) is 3.88. The van der Waals surface area contributed by atoms with E-state index in [1.54, 1.807) is 12.3 Å². The van der Waals surface area contributed by atoms with Crippen LogP contribution in [0.4, 0.5) is 13.2 Å². The SMILES string of the molecule is FC(F)(F)C(Cc1ncc[nH]1)[N+]1=CC(c2ncnc3[nH]ccc23)=C1. The summed E-state index contributed by atoms with van der Waals surface area (Å²) in [5.74, 6) is 0.294. The first kappa shape index (κ1) is 14.6. The van der Waals surface area contributed by atoms with Gasteiger partial charge in [0.2, 0.25) is 0 Å². The highest BCUT2D eigenvalue weighted by atomic mass is 19.4. The first-order chi connectivity index (χ1) is 11.5. The minimum atomic E-state index is -4.37. The van der Waals surface area contributed by atoms with E-state index >= 15 is 0 Å². The van der Waals surface area contributed by atoms with Gasteiger partial charge in [0.15, 0.2) is 12.4 Å². The largest absolute Gasteiger partial charge is 0.452 e. The van der Waals surface area contributed by atoms with Gasteiger partial charge in [0.1, 0.15) is 23.4 Å². The molecule has 1 aliphatic heterocycles. The average Bonchev–Trinajstić information content (AvgIpc) is 3.14. The molecule has 1 unspecified atom stereocenters. The van der Waals surface area contributed by atoms with Gasteiger partial charge in [-0.15, -0.1) is 0 Å². The lowest BCUT2D eigenvalue weighted by atomic mass is 10.1. The Morgan fingerprint density at radius 1 is 1.12 bits per heavy atom. The summed E-state index contributed by atoms with van der Waals surface area (Å²) >= 11 is 0. The Hall–Kier alpha value is -2.97. The van der Waals surface area contributed by atoms with Crippen LogP contribution in [0.15, 0.2) is 37.2 Å². The minimum absolute atomic E-state index is 0.250. The number of allylic oxidation sites excluding steroid dienone is 1. The predicted octanol–water partition coefficient (Wildman–Crippen LogP) is 2.29. The van der Waals surface area contributed by atoms with E-state index < -0.39 is 12.2 Å². The molecule has 0 aromatic carbocycles. The van der Waals surface area contributed by atoms with Crippen LogP contribution in [-0.4, -0.2) is 47.9 Å². The van der Waals surface area contributed by atoms with E-state index in [1.165, 1.54) is 31.1 Å². The molecule has 122 valence electrons. The number of rotatable bonds is 4.